The molecule has 4 N–H and O–H groups in total. The molecule has 1 amide bonds. The van der Waals surface area contributed by atoms with Gasteiger partial charge in [0.1, 0.15) is 0 Å². The first kappa shape index (κ1) is 24.8. The summed E-state index contributed by atoms with van der Waals surface area (Å²) in [5, 5.41) is 10.4. The molecule has 0 aliphatic rings. The average molecular weight is 400 g/mol. The topological polar surface area (TPSA) is 78.6 Å². The van der Waals surface area contributed by atoms with Crippen molar-refractivity contribution < 1.29 is 9.90 Å². The molecule has 2 aromatic carbocycles. The van der Waals surface area contributed by atoms with Gasteiger partial charge in [-0.05, 0) is 42.5 Å². The van der Waals surface area contributed by atoms with E-state index in [1.165, 1.54) is 17.5 Å². The van der Waals surface area contributed by atoms with Crippen LogP contribution >= 0.6 is 0 Å². The third-order valence-corrected chi connectivity index (χ3v) is 4.67. The Kier molecular flexibility index (Phi) is 13.4. The number of hydrogen-bond donors (Lipinski definition) is 3. The number of nitrogens with one attached hydrogen (secondary N) is 1. The van der Waals surface area contributed by atoms with E-state index in [1.54, 1.807) is 4.90 Å². The number of carbonyl (C=O) groups is 1. The highest BCUT2D eigenvalue weighted by atomic mass is 16.2. The van der Waals surface area contributed by atoms with Crippen molar-refractivity contribution >= 4 is 6.41 Å². The monoisotopic (exact) mass is 399 g/mol. The van der Waals surface area contributed by atoms with Crippen LogP contribution in [0.15, 0.2) is 54.6 Å². The fourth-order valence-corrected chi connectivity index (χ4v) is 3.23. The lowest BCUT2D eigenvalue weighted by Gasteiger charge is -2.18. The van der Waals surface area contributed by atoms with Crippen molar-refractivity contribution in [2.75, 3.05) is 26.7 Å². The molecule has 0 aliphatic carbocycles. The van der Waals surface area contributed by atoms with Gasteiger partial charge in [-0.25, -0.2) is 0 Å². The highest BCUT2D eigenvalue weighted by Crippen LogP contribution is 2.10. The van der Waals surface area contributed by atoms with Gasteiger partial charge in [-0.2, -0.15) is 0 Å². The maximum Gasteiger partial charge on any atom is 0.210 e. The summed E-state index contributed by atoms with van der Waals surface area (Å²) in [4.78, 5) is 13.0. The molecule has 0 aliphatic heterocycles. The van der Waals surface area contributed by atoms with Crippen LogP contribution in [-0.4, -0.2) is 49.2 Å². The number of nitrogens with two attached hydrogens (primary N) is 1. The van der Waals surface area contributed by atoms with Crippen LogP contribution in [0.3, 0.4) is 0 Å². The van der Waals surface area contributed by atoms with Gasteiger partial charge in [0.25, 0.3) is 0 Å². The van der Waals surface area contributed by atoms with Crippen LogP contribution in [0.2, 0.25) is 0 Å². The molecule has 5 nitrogen and oxygen atoms in total. The quantitative estimate of drug-likeness (QED) is 0.357. The molecule has 2 rings (SSSR count). The number of amides is 1. The molecule has 0 radical (unpaired) electrons. The third-order valence-electron chi connectivity index (χ3n) is 4.67. The van der Waals surface area contributed by atoms with Gasteiger partial charge in [0.05, 0.1) is 0 Å². The zero-order valence-corrected chi connectivity index (χ0v) is 17.9. The summed E-state index contributed by atoms with van der Waals surface area (Å²) in [5.41, 5.74) is 10.2. The molecule has 0 bridgehead atoms. The first-order chi connectivity index (χ1) is 14.2. The van der Waals surface area contributed by atoms with E-state index in [0.29, 0.717) is 13.1 Å². The molecule has 29 heavy (non-hydrogen) atoms. The summed E-state index contributed by atoms with van der Waals surface area (Å²) >= 11 is 0. The first-order valence-electron chi connectivity index (χ1n) is 10.4. The van der Waals surface area contributed by atoms with E-state index in [-0.39, 0.29) is 6.04 Å². The molecule has 0 saturated heterocycles. The van der Waals surface area contributed by atoms with Crippen molar-refractivity contribution in [2.45, 2.75) is 45.2 Å². The summed E-state index contributed by atoms with van der Waals surface area (Å²) < 4.78 is 0. The molecular formula is C24H37N3O2. The maximum atomic E-state index is 11.2. The molecular weight excluding hydrogens is 362 g/mol. The maximum absolute atomic E-state index is 11.2. The number of aryl methyl sites for hydroxylation is 1. The van der Waals surface area contributed by atoms with Crippen molar-refractivity contribution in [1.82, 2.24) is 10.2 Å². The van der Waals surface area contributed by atoms with Gasteiger partial charge in [0.2, 0.25) is 6.41 Å². The predicted molar refractivity (Wildman–Crippen MR) is 121 cm³/mol. The van der Waals surface area contributed by atoms with E-state index in [0.717, 1.165) is 51.4 Å². The van der Waals surface area contributed by atoms with Gasteiger partial charge in [0.15, 0.2) is 0 Å². The zero-order chi connectivity index (χ0) is 21.3. The van der Waals surface area contributed by atoms with E-state index < -0.39 is 0 Å². The number of nitrogens with zero attached hydrogens (tertiary/aromatic N) is 1. The SMILES string of the molecule is CCCc1cccc(C[C@H](N)CCNCCN(C=O)Cc2ccccc2)c1.CO. The largest absolute Gasteiger partial charge is 0.400 e. The average Bonchev–Trinajstić information content (AvgIpc) is 2.75. The third kappa shape index (κ3) is 10.8. The van der Waals surface area contributed by atoms with Crippen LogP contribution in [0.1, 0.15) is 36.5 Å². The van der Waals surface area contributed by atoms with Crippen LogP contribution in [0.5, 0.6) is 0 Å². The molecule has 0 spiro atoms. The number of benzene rings is 2. The van der Waals surface area contributed by atoms with E-state index in [9.17, 15) is 4.79 Å². The van der Waals surface area contributed by atoms with Crippen molar-refractivity contribution in [1.29, 1.82) is 0 Å². The lowest BCUT2D eigenvalue weighted by atomic mass is 10.0. The Morgan fingerprint density at radius 2 is 1.72 bits per heavy atom. The number of aliphatic hydroxyl groups is 1. The number of carbonyl (C=O) groups excluding carboxylic acids is 1. The second-order valence-corrected chi connectivity index (χ2v) is 7.13. The van der Waals surface area contributed by atoms with Crippen LogP contribution in [-0.2, 0) is 24.2 Å². The van der Waals surface area contributed by atoms with Gasteiger partial charge in [-0.3, -0.25) is 4.79 Å². The highest BCUT2D eigenvalue weighted by Gasteiger charge is 2.06. The first-order valence-corrected chi connectivity index (χ1v) is 10.4. The number of rotatable bonds is 13. The van der Waals surface area contributed by atoms with E-state index in [4.69, 9.17) is 10.8 Å². The fraction of sp³-hybridized carbons (Fsp3) is 0.458. The molecule has 0 unspecified atom stereocenters. The van der Waals surface area contributed by atoms with Gasteiger partial charge in [-0.15, -0.1) is 0 Å². The Balaban J connectivity index is 0.00000204. The van der Waals surface area contributed by atoms with Crippen LogP contribution in [0.4, 0.5) is 0 Å². The van der Waals surface area contributed by atoms with Crippen LogP contribution in [0.25, 0.3) is 0 Å². The fourth-order valence-electron chi connectivity index (χ4n) is 3.23. The van der Waals surface area contributed by atoms with Crippen LogP contribution < -0.4 is 11.1 Å². The Hall–Kier alpha value is -2.21. The molecule has 160 valence electrons. The van der Waals surface area contributed by atoms with E-state index in [1.807, 2.05) is 30.3 Å². The number of hydrogen-bond acceptors (Lipinski definition) is 4. The summed E-state index contributed by atoms with van der Waals surface area (Å²) in [5.74, 6) is 0. The van der Waals surface area contributed by atoms with Crippen molar-refractivity contribution in [3.63, 3.8) is 0 Å². The van der Waals surface area contributed by atoms with Crippen molar-refractivity contribution in [3.8, 4) is 0 Å². The molecule has 5 heteroatoms. The molecule has 0 saturated carbocycles. The molecule has 2 aromatic rings. The van der Waals surface area contributed by atoms with Gasteiger partial charge in [0, 0.05) is 32.8 Å². The Labute approximate surface area is 175 Å². The van der Waals surface area contributed by atoms with Crippen LogP contribution in [0, 0.1) is 0 Å². The predicted octanol–water partition coefficient (Wildman–Crippen LogP) is 2.76. The molecule has 0 fully saturated rings. The zero-order valence-electron chi connectivity index (χ0n) is 17.9. The van der Waals surface area contributed by atoms with Crippen molar-refractivity contribution in [2.24, 2.45) is 5.73 Å². The minimum Gasteiger partial charge on any atom is -0.400 e. The Bertz CT molecular complexity index is 664. The molecule has 0 heterocycles. The van der Waals surface area contributed by atoms with Gasteiger partial charge >= 0.3 is 0 Å². The Morgan fingerprint density at radius 1 is 1.03 bits per heavy atom. The summed E-state index contributed by atoms with van der Waals surface area (Å²) in [6.07, 6.45) is 5.05. The minimum absolute atomic E-state index is 0.154. The lowest BCUT2D eigenvalue weighted by Crippen LogP contribution is -2.34. The second kappa shape index (κ2) is 15.7. The molecule has 0 aromatic heterocycles. The van der Waals surface area contributed by atoms with E-state index >= 15 is 0 Å². The highest BCUT2D eigenvalue weighted by molar-refractivity contribution is 5.47. The lowest BCUT2D eigenvalue weighted by molar-refractivity contribution is -0.118. The van der Waals surface area contributed by atoms with Gasteiger partial charge < -0.3 is 21.1 Å². The summed E-state index contributed by atoms with van der Waals surface area (Å²) in [7, 11) is 1.00. The summed E-state index contributed by atoms with van der Waals surface area (Å²) in [6.45, 7) is 5.21. The summed E-state index contributed by atoms with van der Waals surface area (Å²) in [6, 6.07) is 19.0. The Morgan fingerprint density at radius 3 is 2.41 bits per heavy atom. The van der Waals surface area contributed by atoms with Gasteiger partial charge in [-0.1, -0.05) is 67.9 Å². The second-order valence-electron chi connectivity index (χ2n) is 7.13. The van der Waals surface area contributed by atoms with E-state index in [2.05, 4.69) is 36.5 Å². The van der Waals surface area contributed by atoms with Crippen molar-refractivity contribution in [3.05, 3.63) is 71.3 Å². The smallest absolute Gasteiger partial charge is 0.210 e. The molecule has 1 atom stereocenters. The standard InChI is InChI=1S/C23H33N3O.CH4O/c1-2-7-20-10-6-11-22(16-20)17-23(24)12-13-25-14-15-26(19-27)18-21-8-4-3-5-9-21;1-2/h3-6,8-11,16,19,23,25H,2,7,12-15,17-18,24H2,1H3;2H,1H3/t23-;/m1./s1. The minimum atomic E-state index is 0.154. The number of aliphatic hydroxyl groups excluding tert-OH is 1. The normalized spacial score (nSPS) is 11.3.